The van der Waals surface area contributed by atoms with E-state index in [1.54, 1.807) is 26.6 Å². The number of rotatable bonds is 15. The minimum Gasteiger partial charge on any atom is -2.00 e. The van der Waals surface area contributed by atoms with Crippen molar-refractivity contribution in [2.24, 2.45) is 9.98 Å². The minimum atomic E-state index is -0.271. The Balaban J connectivity index is 0.00000232. The third-order valence-corrected chi connectivity index (χ3v) is 18.5. The minimum absolute atomic E-state index is 0. The van der Waals surface area contributed by atoms with Gasteiger partial charge in [-0.1, -0.05) is 212 Å². The van der Waals surface area contributed by atoms with E-state index in [2.05, 4.69) is 41.0 Å². The molecule has 0 unspecified atom stereocenters. The van der Waals surface area contributed by atoms with Crippen molar-refractivity contribution >= 4 is 77.1 Å². The van der Waals surface area contributed by atoms with Gasteiger partial charge in [0.2, 0.25) is 0 Å². The first-order chi connectivity index (χ1) is 43.2. The van der Waals surface area contributed by atoms with E-state index in [0.717, 1.165) is 116 Å². The molecule has 12 aromatic carbocycles. The van der Waals surface area contributed by atoms with Gasteiger partial charge in [0, 0.05) is 48.7 Å². The van der Waals surface area contributed by atoms with Gasteiger partial charge in [0.05, 0.1) is 26.3 Å². The molecule has 2 fully saturated rings. The number of nitrogens with zero attached hydrogens (tertiary/aromatic N) is 2. The Hall–Kier alpha value is -8.39. The Morgan fingerprint density at radius 1 is 0.380 bits per heavy atom. The molecule has 454 valence electrons. The van der Waals surface area contributed by atoms with Crippen molar-refractivity contribution in [2.75, 3.05) is 14.2 Å². The summed E-state index contributed by atoms with van der Waals surface area (Å²) >= 11 is 0. The molecule has 0 radical (unpaired) electrons. The van der Waals surface area contributed by atoms with Crippen LogP contribution in [0.2, 0.25) is 0 Å². The van der Waals surface area contributed by atoms with E-state index in [1.807, 2.05) is 164 Å². The van der Waals surface area contributed by atoms with Crippen molar-refractivity contribution in [1.82, 2.24) is 10.6 Å². The second kappa shape index (κ2) is 29.1. The Kier molecular flexibility index (Phi) is 21.0. The van der Waals surface area contributed by atoms with Gasteiger partial charge >= 0.3 is 43.4 Å². The van der Waals surface area contributed by atoms with Crippen LogP contribution in [0, 0.1) is 0 Å². The van der Waals surface area contributed by atoms with Crippen molar-refractivity contribution < 1.29 is 84.3 Å². The van der Waals surface area contributed by atoms with Crippen LogP contribution in [-0.4, -0.2) is 50.8 Å². The third kappa shape index (κ3) is 12.7. The van der Waals surface area contributed by atoms with Crippen LogP contribution in [0.5, 0.6) is 34.5 Å². The summed E-state index contributed by atoms with van der Waals surface area (Å²) in [6.45, 7) is 0.674. The van der Waals surface area contributed by atoms with Gasteiger partial charge in [-0.2, -0.15) is 0 Å². The number of fused-ring (bicyclic) bond motifs is 6. The smallest absolute Gasteiger partial charge is 2.00 e. The van der Waals surface area contributed by atoms with Gasteiger partial charge in [0.1, 0.15) is 11.5 Å². The van der Waals surface area contributed by atoms with Crippen LogP contribution >= 0.6 is 0 Å². The SMILES string of the molecule is COc1cc2ccccc2cc1-c1c([O-])c(CN[C@@H]2CCCC[C@H]2N=Cc2cc3ccccc3c(-c3c([O-])c(C=N[C@@H]4CCCC[C@H]4NCc4cc5ccccc5c(-c5c(OC)ccc6ccccc56)c4[O-])cc4ccccc34)c2[O-])cc2ccccc12.[O-2].[O-2].[Ti+4].[Ti+4]. The number of ether oxygens (including phenoxy) is 2. The van der Waals surface area contributed by atoms with Gasteiger partial charge in [0.15, 0.2) is 0 Å². The van der Waals surface area contributed by atoms with E-state index in [1.165, 1.54) is 0 Å². The predicted octanol–water partition coefficient (Wildman–Crippen LogP) is 14.7. The molecule has 14 rings (SSSR count). The summed E-state index contributed by atoms with van der Waals surface area (Å²) in [5.74, 6) is 0.653. The van der Waals surface area contributed by atoms with Gasteiger partial charge in [-0.05, 0) is 165 Å². The summed E-state index contributed by atoms with van der Waals surface area (Å²) < 4.78 is 11.9. The van der Waals surface area contributed by atoms with E-state index in [4.69, 9.17) is 19.5 Å². The van der Waals surface area contributed by atoms with Crippen molar-refractivity contribution in [1.29, 1.82) is 0 Å². The first-order valence-electron chi connectivity index (χ1n) is 30.8. The summed E-state index contributed by atoms with van der Waals surface area (Å²) in [5, 5.41) is 78.6. The fourth-order valence-corrected chi connectivity index (χ4v) is 14.1. The molecule has 2 aliphatic rings. The van der Waals surface area contributed by atoms with Gasteiger partial charge in [0.25, 0.3) is 0 Å². The van der Waals surface area contributed by atoms with Gasteiger partial charge < -0.3 is 51.5 Å². The van der Waals surface area contributed by atoms with E-state index in [9.17, 15) is 10.2 Å². The summed E-state index contributed by atoms with van der Waals surface area (Å²) in [4.78, 5) is 10.4. The van der Waals surface area contributed by atoms with Gasteiger partial charge in [-0.25, -0.2) is 0 Å². The molecule has 2 saturated carbocycles. The normalized spacial score (nSPS) is 16.6. The van der Waals surface area contributed by atoms with E-state index in [-0.39, 0.29) is 102 Å². The maximum Gasteiger partial charge on any atom is 4.00 e. The van der Waals surface area contributed by atoms with Crippen molar-refractivity contribution in [3.63, 3.8) is 0 Å². The average molecular weight is 1280 g/mol. The molecule has 12 aromatic rings. The zero-order valence-corrected chi connectivity index (χ0v) is 54.3. The van der Waals surface area contributed by atoms with E-state index < -0.39 is 0 Å². The number of aliphatic imine (C=N–C) groups is 2. The van der Waals surface area contributed by atoms with Gasteiger partial charge in [-0.15, -0.1) is 0 Å². The van der Waals surface area contributed by atoms with Crippen molar-refractivity contribution in [3.05, 3.63) is 216 Å². The molecule has 0 saturated heterocycles. The number of hydrogen-bond acceptors (Lipinski definition) is 10. The molecule has 14 heteroatoms. The fraction of sp³-hybridized carbons (Fsp3) is 0.205. The van der Waals surface area contributed by atoms with Crippen LogP contribution in [0.25, 0.3) is 98.0 Å². The molecule has 0 aromatic heterocycles. The maximum atomic E-state index is 15.3. The largest absolute Gasteiger partial charge is 4.00 e. The molecule has 0 heterocycles. The first kappa shape index (κ1) is 66.5. The second-order valence-corrected chi connectivity index (χ2v) is 23.7. The number of benzene rings is 12. The Morgan fingerprint density at radius 2 is 0.739 bits per heavy atom. The van der Waals surface area contributed by atoms with E-state index >= 15 is 10.2 Å². The third-order valence-electron chi connectivity index (χ3n) is 18.5. The second-order valence-electron chi connectivity index (χ2n) is 23.7. The van der Waals surface area contributed by atoms with Crippen LogP contribution < -0.4 is 40.5 Å². The Bertz CT molecular complexity index is 4750. The number of nitrogens with one attached hydrogen (secondary N) is 2. The van der Waals surface area contributed by atoms with Crippen molar-refractivity contribution in [2.45, 2.75) is 88.6 Å². The molecular formula is C78H66N4O8Ti2. The van der Waals surface area contributed by atoms with Crippen LogP contribution in [0.1, 0.15) is 73.6 Å². The molecule has 0 spiro atoms. The molecule has 4 atom stereocenters. The standard InChI is InChI=1S/C78H70N4O6.2O.2Ti/c1-87-68-36-35-47-19-5-10-26-58(47)71(68)72-60-28-12-7-23-51(60)38-55(76(72)84)44-80-66-33-17-18-34-67(66)82-46-57-40-53-25-9-14-30-62(53)74(78(57)86)73-61-29-13-8-24-52(61)39-56(77(73)85)45-81-65-32-16-15-31-64(65)79-43-54-37-50-22-6-11-27-59(50)70(75(54)83)63-41-48-20-3-4-21-49(48)42-69(63)88-2;;;;/h3-14,19-30,35-42,45-46,64-67,79-80,83-86H,15-18,31-34,43-44H2,1-2H3;;;;/q;2*-2;2*+4/p-4/t64-,65-,66-,67-;;;;/m1..../s1. The first-order valence-corrected chi connectivity index (χ1v) is 30.8. The molecular weight excluding hydrogens is 1220 g/mol. The molecule has 0 bridgehead atoms. The molecule has 2 aliphatic carbocycles. The molecule has 92 heavy (non-hydrogen) atoms. The number of methoxy groups -OCH3 is 2. The Labute approximate surface area is 565 Å². The van der Waals surface area contributed by atoms with Crippen LogP contribution in [0.15, 0.2) is 204 Å². The topological polar surface area (TPSA) is 216 Å². The number of hydrogen-bond donors (Lipinski definition) is 2. The zero-order chi connectivity index (χ0) is 59.8. The quantitative estimate of drug-likeness (QED) is 0.0741. The molecule has 0 aliphatic heterocycles. The van der Waals surface area contributed by atoms with Crippen LogP contribution in [0.4, 0.5) is 0 Å². The van der Waals surface area contributed by atoms with Gasteiger partial charge in [-0.3, -0.25) is 9.98 Å². The van der Waals surface area contributed by atoms with Crippen molar-refractivity contribution in [3.8, 4) is 67.9 Å². The molecule has 2 N–H and O–H groups in total. The average Bonchev–Trinajstić information content (AvgIpc) is 0.770. The zero-order valence-electron chi connectivity index (χ0n) is 51.2. The molecule has 0 amide bonds. The summed E-state index contributed by atoms with van der Waals surface area (Å²) in [5.41, 5.74) is 5.59. The fourth-order valence-electron chi connectivity index (χ4n) is 14.1. The Morgan fingerprint density at radius 3 is 1.20 bits per heavy atom. The molecule has 12 nitrogen and oxygen atoms in total. The predicted molar refractivity (Wildman–Crippen MR) is 354 cm³/mol. The monoisotopic (exact) mass is 1280 g/mol. The summed E-state index contributed by atoms with van der Waals surface area (Å²) in [6.07, 6.45) is 10.7. The van der Waals surface area contributed by atoms with E-state index in [0.29, 0.717) is 79.9 Å². The van der Waals surface area contributed by atoms with Crippen LogP contribution in [-0.2, 0) is 67.5 Å². The van der Waals surface area contributed by atoms with Crippen LogP contribution in [0.3, 0.4) is 0 Å². The maximum absolute atomic E-state index is 15.3. The summed E-state index contributed by atoms with van der Waals surface area (Å²) in [7, 11) is 3.30. The summed E-state index contributed by atoms with van der Waals surface area (Å²) in [6, 6.07) is 63.1.